The van der Waals surface area contributed by atoms with Gasteiger partial charge in [-0.15, -0.1) is 0 Å². The molecule has 3 aromatic rings. The van der Waals surface area contributed by atoms with Gasteiger partial charge in [-0.25, -0.2) is 9.97 Å². The number of aromatic nitrogens is 4. The molecule has 6 nitrogen and oxygen atoms in total. The smallest absolute Gasteiger partial charge is 0.217 e. The van der Waals surface area contributed by atoms with Gasteiger partial charge in [-0.2, -0.15) is 0 Å². The molecule has 0 saturated heterocycles. The van der Waals surface area contributed by atoms with E-state index in [1.54, 1.807) is 0 Å². The van der Waals surface area contributed by atoms with E-state index in [0.717, 1.165) is 35.3 Å². The molecule has 1 aliphatic rings. The van der Waals surface area contributed by atoms with E-state index in [4.69, 9.17) is 5.73 Å². The van der Waals surface area contributed by atoms with Crippen LogP contribution in [0.1, 0.15) is 51.0 Å². The van der Waals surface area contributed by atoms with Crippen LogP contribution in [0, 0.1) is 5.92 Å². The lowest BCUT2D eigenvalue weighted by atomic mass is 9.83. The van der Waals surface area contributed by atoms with Crippen molar-refractivity contribution >= 4 is 28.0 Å². The molecular formula is C18H23N5O. The number of carbonyl (C=O) groups excluding carboxylic acids is 1. The summed E-state index contributed by atoms with van der Waals surface area (Å²) in [5, 5.41) is 1.15. The molecule has 1 aliphatic carbocycles. The summed E-state index contributed by atoms with van der Waals surface area (Å²) >= 11 is 0. The number of imidazole rings is 1. The van der Waals surface area contributed by atoms with Crippen molar-refractivity contribution in [2.75, 3.05) is 0 Å². The SMILES string of the molecule is NC(=O)CCCC1CCC(n2cnc3cnc4[nH]ccc4c32)CC1. The number of carbonyl (C=O) groups is 1. The van der Waals surface area contributed by atoms with Crippen molar-refractivity contribution in [2.45, 2.75) is 51.0 Å². The summed E-state index contributed by atoms with van der Waals surface area (Å²) in [6.07, 6.45) is 13.1. The fraction of sp³-hybridized carbons (Fsp3) is 0.500. The Morgan fingerprint density at radius 3 is 2.92 bits per heavy atom. The third-order valence-corrected chi connectivity index (χ3v) is 5.36. The van der Waals surface area contributed by atoms with Gasteiger partial charge in [0.1, 0.15) is 11.2 Å². The summed E-state index contributed by atoms with van der Waals surface area (Å²) in [6, 6.07) is 2.58. The Morgan fingerprint density at radius 1 is 1.29 bits per heavy atom. The Morgan fingerprint density at radius 2 is 2.12 bits per heavy atom. The van der Waals surface area contributed by atoms with Gasteiger partial charge in [0.25, 0.3) is 0 Å². The maximum atomic E-state index is 10.9. The average molecular weight is 325 g/mol. The number of nitrogens with two attached hydrogens (primary N) is 1. The first kappa shape index (κ1) is 15.2. The van der Waals surface area contributed by atoms with E-state index in [1.165, 1.54) is 31.2 Å². The van der Waals surface area contributed by atoms with Gasteiger partial charge in [-0.3, -0.25) is 4.79 Å². The molecule has 4 rings (SSSR count). The van der Waals surface area contributed by atoms with Crippen LogP contribution in [0.4, 0.5) is 0 Å². The van der Waals surface area contributed by atoms with E-state index in [-0.39, 0.29) is 5.91 Å². The van der Waals surface area contributed by atoms with Crippen molar-refractivity contribution in [3.63, 3.8) is 0 Å². The molecule has 126 valence electrons. The van der Waals surface area contributed by atoms with Crippen LogP contribution in [-0.4, -0.2) is 25.4 Å². The molecular weight excluding hydrogens is 302 g/mol. The quantitative estimate of drug-likeness (QED) is 0.754. The summed E-state index contributed by atoms with van der Waals surface area (Å²) < 4.78 is 2.34. The number of rotatable bonds is 5. The molecule has 0 atom stereocenters. The van der Waals surface area contributed by atoms with Crippen molar-refractivity contribution in [1.29, 1.82) is 0 Å². The Hall–Kier alpha value is -2.37. The first-order valence-corrected chi connectivity index (χ1v) is 8.79. The molecule has 0 radical (unpaired) electrons. The zero-order chi connectivity index (χ0) is 16.5. The highest BCUT2D eigenvalue weighted by Gasteiger charge is 2.24. The van der Waals surface area contributed by atoms with E-state index in [9.17, 15) is 4.79 Å². The zero-order valence-corrected chi connectivity index (χ0v) is 13.7. The maximum absolute atomic E-state index is 10.9. The van der Waals surface area contributed by atoms with Crippen LogP contribution in [0.3, 0.4) is 0 Å². The van der Waals surface area contributed by atoms with Gasteiger partial charge in [0, 0.05) is 24.0 Å². The summed E-state index contributed by atoms with van der Waals surface area (Å²) in [7, 11) is 0. The topological polar surface area (TPSA) is 89.6 Å². The Labute approximate surface area is 140 Å². The second-order valence-electron chi connectivity index (χ2n) is 6.92. The largest absolute Gasteiger partial charge is 0.370 e. The van der Waals surface area contributed by atoms with Crippen LogP contribution in [-0.2, 0) is 4.79 Å². The minimum atomic E-state index is -0.183. The van der Waals surface area contributed by atoms with Gasteiger partial charge >= 0.3 is 0 Å². The Kier molecular flexibility index (Phi) is 3.96. The number of pyridine rings is 1. The first-order valence-electron chi connectivity index (χ1n) is 8.79. The maximum Gasteiger partial charge on any atom is 0.217 e. The second kappa shape index (κ2) is 6.26. The number of fused-ring (bicyclic) bond motifs is 3. The summed E-state index contributed by atoms with van der Waals surface area (Å²) in [5.41, 5.74) is 8.30. The molecule has 6 heteroatoms. The molecule has 24 heavy (non-hydrogen) atoms. The molecule has 0 spiro atoms. The molecule has 1 amide bonds. The molecule has 3 N–H and O–H groups in total. The van der Waals surface area contributed by atoms with Crippen LogP contribution < -0.4 is 5.73 Å². The van der Waals surface area contributed by atoms with Gasteiger partial charge in [-0.05, 0) is 50.5 Å². The minimum absolute atomic E-state index is 0.183. The lowest BCUT2D eigenvalue weighted by Crippen LogP contribution is -2.18. The van der Waals surface area contributed by atoms with Gasteiger partial charge in [0.2, 0.25) is 5.91 Å². The van der Waals surface area contributed by atoms with Gasteiger partial charge in [0.05, 0.1) is 18.0 Å². The Balaban J connectivity index is 1.49. The second-order valence-corrected chi connectivity index (χ2v) is 6.92. The highest BCUT2D eigenvalue weighted by Crippen LogP contribution is 2.37. The number of aromatic amines is 1. The number of primary amides is 1. The molecule has 3 heterocycles. The van der Waals surface area contributed by atoms with Crippen molar-refractivity contribution in [2.24, 2.45) is 11.7 Å². The van der Waals surface area contributed by atoms with Crippen molar-refractivity contribution < 1.29 is 4.79 Å². The zero-order valence-electron chi connectivity index (χ0n) is 13.7. The number of hydrogen-bond donors (Lipinski definition) is 2. The first-order chi connectivity index (χ1) is 11.7. The van der Waals surface area contributed by atoms with Crippen molar-refractivity contribution in [3.05, 3.63) is 24.8 Å². The standard InChI is InChI=1S/C18H23N5O/c19-16(24)3-1-2-12-4-6-13(7-5-12)23-11-22-15-10-21-18-14(17(15)23)8-9-20-18/h8-13H,1-7H2,(H2,19,24)(H,20,21). The summed E-state index contributed by atoms with van der Waals surface area (Å²) in [5.74, 6) is 0.544. The molecule has 1 saturated carbocycles. The Bertz CT molecular complexity index is 857. The predicted octanol–water partition coefficient (Wildman–Crippen LogP) is 3.30. The van der Waals surface area contributed by atoms with Crippen molar-refractivity contribution in [3.8, 4) is 0 Å². The lowest BCUT2D eigenvalue weighted by Gasteiger charge is -2.29. The summed E-state index contributed by atoms with van der Waals surface area (Å²) in [6.45, 7) is 0. The third kappa shape index (κ3) is 2.77. The highest BCUT2D eigenvalue weighted by atomic mass is 16.1. The average Bonchev–Trinajstić information content (AvgIpc) is 3.21. The molecule has 0 bridgehead atoms. The number of nitrogens with zero attached hydrogens (tertiary/aromatic N) is 3. The molecule has 0 aromatic carbocycles. The van der Waals surface area contributed by atoms with E-state index < -0.39 is 0 Å². The van der Waals surface area contributed by atoms with E-state index >= 15 is 0 Å². The highest BCUT2D eigenvalue weighted by molar-refractivity contribution is 6.00. The normalized spacial score (nSPS) is 21.5. The molecule has 0 unspecified atom stereocenters. The predicted molar refractivity (Wildman–Crippen MR) is 93.4 cm³/mol. The molecule has 1 fully saturated rings. The number of nitrogens with one attached hydrogen (secondary N) is 1. The third-order valence-electron chi connectivity index (χ3n) is 5.36. The van der Waals surface area contributed by atoms with E-state index in [2.05, 4.69) is 25.6 Å². The number of H-pyrrole nitrogens is 1. The van der Waals surface area contributed by atoms with Crippen molar-refractivity contribution in [1.82, 2.24) is 19.5 Å². The van der Waals surface area contributed by atoms with E-state index in [0.29, 0.717) is 12.5 Å². The number of amides is 1. The van der Waals surface area contributed by atoms with Crippen LogP contribution >= 0.6 is 0 Å². The summed E-state index contributed by atoms with van der Waals surface area (Å²) in [4.78, 5) is 23.0. The molecule has 0 aliphatic heterocycles. The monoisotopic (exact) mass is 325 g/mol. The van der Waals surface area contributed by atoms with E-state index in [1.807, 2.05) is 18.7 Å². The fourth-order valence-electron chi connectivity index (χ4n) is 4.08. The van der Waals surface area contributed by atoms with Gasteiger partial charge in [-0.1, -0.05) is 0 Å². The van der Waals surface area contributed by atoms with Crippen LogP contribution in [0.25, 0.3) is 22.1 Å². The van der Waals surface area contributed by atoms with Gasteiger partial charge < -0.3 is 15.3 Å². The molecule has 3 aromatic heterocycles. The fourth-order valence-corrected chi connectivity index (χ4v) is 4.08. The minimum Gasteiger partial charge on any atom is -0.370 e. The van der Waals surface area contributed by atoms with Crippen LogP contribution in [0.2, 0.25) is 0 Å². The van der Waals surface area contributed by atoms with Crippen LogP contribution in [0.15, 0.2) is 24.8 Å². The van der Waals surface area contributed by atoms with Crippen LogP contribution in [0.5, 0.6) is 0 Å². The lowest BCUT2D eigenvalue weighted by molar-refractivity contribution is -0.118. The van der Waals surface area contributed by atoms with Gasteiger partial charge in [0.15, 0.2) is 0 Å². The number of hydrogen-bond acceptors (Lipinski definition) is 3.